The fraction of sp³-hybridized carbons (Fsp3) is 0.211. The molecule has 1 unspecified atom stereocenters. The van der Waals surface area contributed by atoms with Crippen molar-refractivity contribution in [2.45, 2.75) is 17.9 Å². The molecule has 2 aromatic carbocycles. The molecule has 1 heterocycles. The number of carbonyl (C=O) groups excluding carboxylic acids is 1. The highest BCUT2D eigenvalue weighted by molar-refractivity contribution is 7.89. The van der Waals surface area contributed by atoms with Crippen LogP contribution in [0.5, 0.6) is 0 Å². The highest BCUT2D eigenvalue weighted by Gasteiger charge is 2.41. The minimum Gasteiger partial charge on any atom is -0.463 e. The summed E-state index contributed by atoms with van der Waals surface area (Å²) in [5.74, 6) is -1.12. The second-order valence-corrected chi connectivity index (χ2v) is 7.87. The van der Waals surface area contributed by atoms with Gasteiger partial charge in [0, 0.05) is 6.54 Å². The van der Waals surface area contributed by atoms with E-state index in [9.17, 15) is 17.6 Å². The Morgan fingerprint density at radius 3 is 2.59 bits per heavy atom. The Kier molecular flexibility index (Phi) is 5.48. The van der Waals surface area contributed by atoms with Gasteiger partial charge in [-0.3, -0.25) is 0 Å². The van der Waals surface area contributed by atoms with Gasteiger partial charge in [0.25, 0.3) is 0 Å². The molecular formula is C19H17BFNO4S. The molecule has 27 heavy (non-hydrogen) atoms. The number of nitrogens with zero attached hydrogens (tertiary/aromatic N) is 1. The molecule has 0 aliphatic carbocycles. The fourth-order valence-corrected chi connectivity index (χ4v) is 4.56. The van der Waals surface area contributed by atoms with E-state index in [1.807, 2.05) is 0 Å². The lowest BCUT2D eigenvalue weighted by Gasteiger charge is -2.26. The molecule has 8 heteroatoms. The Labute approximate surface area is 158 Å². The maximum absolute atomic E-state index is 13.2. The van der Waals surface area contributed by atoms with Crippen LogP contribution in [-0.2, 0) is 19.6 Å². The van der Waals surface area contributed by atoms with E-state index in [0.717, 1.165) is 12.1 Å². The van der Waals surface area contributed by atoms with Crippen molar-refractivity contribution in [3.63, 3.8) is 0 Å². The molecule has 2 radical (unpaired) electrons. The van der Waals surface area contributed by atoms with Gasteiger partial charge in [-0.05, 0) is 36.8 Å². The SMILES string of the molecule is [B]c1cccc(C2C(C(=O)OCC)=CCN2S(=O)(=O)c2ccc(F)cc2)c1. The third kappa shape index (κ3) is 3.82. The summed E-state index contributed by atoms with van der Waals surface area (Å²) >= 11 is 0. The van der Waals surface area contributed by atoms with Gasteiger partial charge in [-0.1, -0.05) is 35.8 Å². The van der Waals surface area contributed by atoms with Crippen LogP contribution in [0.2, 0.25) is 0 Å². The monoisotopic (exact) mass is 385 g/mol. The predicted octanol–water partition coefficient (Wildman–Crippen LogP) is 1.85. The second kappa shape index (κ2) is 7.66. The Hall–Kier alpha value is -2.45. The average molecular weight is 385 g/mol. The van der Waals surface area contributed by atoms with E-state index in [1.54, 1.807) is 31.2 Å². The molecule has 5 nitrogen and oxygen atoms in total. The first-order valence-corrected chi connectivity index (χ1v) is 9.78. The smallest absolute Gasteiger partial charge is 0.335 e. The summed E-state index contributed by atoms with van der Waals surface area (Å²) in [7, 11) is 1.86. The highest BCUT2D eigenvalue weighted by atomic mass is 32.2. The van der Waals surface area contributed by atoms with Crippen LogP contribution < -0.4 is 5.46 Å². The minimum absolute atomic E-state index is 0.00662. The van der Waals surface area contributed by atoms with Crippen molar-refractivity contribution in [1.82, 2.24) is 4.31 Å². The molecule has 0 amide bonds. The molecule has 0 saturated carbocycles. The molecule has 0 aromatic heterocycles. The summed E-state index contributed by atoms with van der Waals surface area (Å²) in [5, 5.41) is 0. The van der Waals surface area contributed by atoms with Crippen LogP contribution >= 0.6 is 0 Å². The number of esters is 1. The number of carbonyl (C=O) groups is 1. The number of benzene rings is 2. The molecule has 0 bridgehead atoms. The maximum atomic E-state index is 13.2. The van der Waals surface area contributed by atoms with Gasteiger partial charge in [0.2, 0.25) is 10.0 Å². The summed E-state index contributed by atoms with van der Waals surface area (Å²) in [6, 6.07) is 10.4. The topological polar surface area (TPSA) is 63.7 Å². The first kappa shape index (κ1) is 19.3. The summed E-state index contributed by atoms with van der Waals surface area (Å²) in [6.45, 7) is 1.84. The molecule has 1 aliphatic rings. The zero-order valence-electron chi connectivity index (χ0n) is 14.6. The number of ether oxygens (including phenoxy) is 1. The van der Waals surface area contributed by atoms with Crippen molar-refractivity contribution in [2.75, 3.05) is 13.2 Å². The molecule has 2 aromatic rings. The van der Waals surface area contributed by atoms with Crippen molar-refractivity contribution < 1.29 is 22.3 Å². The largest absolute Gasteiger partial charge is 0.463 e. The standard InChI is InChI=1S/C19H17BFNO4S/c1-2-26-19(23)17-10-11-22(18(17)13-4-3-5-14(20)12-13)27(24,25)16-8-6-15(21)7-9-16/h3-10,12,18H,2,11H2,1H3. The molecule has 3 rings (SSSR count). The van der Waals surface area contributed by atoms with Gasteiger partial charge < -0.3 is 4.74 Å². The summed E-state index contributed by atoms with van der Waals surface area (Å²) in [5.41, 5.74) is 1.23. The summed E-state index contributed by atoms with van der Waals surface area (Å²) in [4.78, 5) is 12.3. The van der Waals surface area contributed by atoms with Crippen LogP contribution in [0.15, 0.2) is 65.1 Å². The quantitative estimate of drug-likeness (QED) is 0.582. The molecule has 0 spiro atoms. The first-order chi connectivity index (χ1) is 12.8. The van der Waals surface area contributed by atoms with E-state index in [0.29, 0.717) is 11.0 Å². The first-order valence-electron chi connectivity index (χ1n) is 8.34. The van der Waals surface area contributed by atoms with Crippen molar-refractivity contribution in [2.24, 2.45) is 0 Å². The van der Waals surface area contributed by atoms with E-state index < -0.39 is 27.9 Å². The Morgan fingerprint density at radius 1 is 1.26 bits per heavy atom. The van der Waals surface area contributed by atoms with Gasteiger partial charge in [0.05, 0.1) is 23.1 Å². The predicted molar refractivity (Wildman–Crippen MR) is 99.6 cm³/mol. The third-order valence-corrected chi connectivity index (χ3v) is 6.08. The van der Waals surface area contributed by atoms with E-state index in [4.69, 9.17) is 12.6 Å². The normalized spacial score (nSPS) is 17.6. The van der Waals surface area contributed by atoms with Gasteiger partial charge in [-0.15, -0.1) is 0 Å². The Morgan fingerprint density at radius 2 is 1.96 bits per heavy atom. The van der Waals surface area contributed by atoms with E-state index in [-0.39, 0.29) is 23.6 Å². The van der Waals surface area contributed by atoms with E-state index >= 15 is 0 Å². The van der Waals surface area contributed by atoms with Crippen molar-refractivity contribution in [3.8, 4) is 0 Å². The highest BCUT2D eigenvalue weighted by Crippen LogP contribution is 2.37. The molecule has 0 fully saturated rings. The molecule has 1 aliphatic heterocycles. The lowest BCUT2D eigenvalue weighted by atomic mass is 9.91. The van der Waals surface area contributed by atoms with Crippen LogP contribution in [0.3, 0.4) is 0 Å². The van der Waals surface area contributed by atoms with E-state index in [1.165, 1.54) is 22.5 Å². The Balaban J connectivity index is 2.06. The molecule has 1 atom stereocenters. The molecule has 138 valence electrons. The zero-order chi connectivity index (χ0) is 19.6. The lowest BCUT2D eigenvalue weighted by molar-refractivity contribution is -0.138. The molecule has 0 saturated heterocycles. The number of hydrogen-bond acceptors (Lipinski definition) is 4. The van der Waals surface area contributed by atoms with Gasteiger partial charge in [0.15, 0.2) is 0 Å². The van der Waals surface area contributed by atoms with Crippen LogP contribution in [-0.4, -0.2) is 39.7 Å². The fourth-order valence-electron chi connectivity index (χ4n) is 3.02. The molecule has 0 N–H and O–H groups in total. The van der Waals surface area contributed by atoms with Crippen LogP contribution in [0.25, 0.3) is 0 Å². The van der Waals surface area contributed by atoms with E-state index in [2.05, 4.69) is 0 Å². The van der Waals surface area contributed by atoms with Crippen molar-refractivity contribution in [1.29, 1.82) is 0 Å². The summed E-state index contributed by atoms with van der Waals surface area (Å²) < 4.78 is 45.7. The van der Waals surface area contributed by atoms with Crippen LogP contribution in [0.1, 0.15) is 18.5 Å². The van der Waals surface area contributed by atoms with Crippen molar-refractivity contribution in [3.05, 3.63) is 71.6 Å². The maximum Gasteiger partial charge on any atom is 0.335 e. The van der Waals surface area contributed by atoms with Crippen LogP contribution in [0, 0.1) is 5.82 Å². The number of rotatable bonds is 5. The Bertz CT molecular complexity index is 989. The van der Waals surface area contributed by atoms with Crippen molar-refractivity contribution >= 4 is 29.3 Å². The second-order valence-electron chi connectivity index (χ2n) is 5.98. The average Bonchev–Trinajstić information content (AvgIpc) is 3.08. The van der Waals surface area contributed by atoms with Gasteiger partial charge in [0.1, 0.15) is 13.7 Å². The number of sulfonamides is 1. The summed E-state index contributed by atoms with van der Waals surface area (Å²) in [6.07, 6.45) is 1.53. The lowest BCUT2D eigenvalue weighted by Crippen LogP contribution is -2.33. The number of halogens is 1. The minimum atomic E-state index is -3.98. The van der Waals surface area contributed by atoms with Gasteiger partial charge in [-0.2, -0.15) is 4.31 Å². The number of hydrogen-bond donors (Lipinski definition) is 0. The van der Waals surface area contributed by atoms with Crippen LogP contribution in [0.4, 0.5) is 4.39 Å². The van der Waals surface area contributed by atoms with Gasteiger partial charge in [-0.25, -0.2) is 17.6 Å². The third-order valence-electron chi connectivity index (χ3n) is 4.23. The molecular weight excluding hydrogens is 368 g/mol. The zero-order valence-corrected chi connectivity index (χ0v) is 15.4. The van der Waals surface area contributed by atoms with Gasteiger partial charge >= 0.3 is 5.97 Å².